The summed E-state index contributed by atoms with van der Waals surface area (Å²) in [6, 6.07) is 8.32. The van der Waals surface area contributed by atoms with Crippen molar-refractivity contribution in [2.75, 3.05) is 6.61 Å². The van der Waals surface area contributed by atoms with Crippen LogP contribution in [0.4, 0.5) is 0 Å². The first kappa shape index (κ1) is 15.0. The topological polar surface area (TPSA) is 31.2 Å². The highest BCUT2D eigenvalue weighted by molar-refractivity contribution is 8.00. The summed E-state index contributed by atoms with van der Waals surface area (Å²) < 4.78 is 7.36. The van der Waals surface area contributed by atoms with E-state index in [0.29, 0.717) is 6.61 Å². The average molecular weight is 291 g/mol. The first-order valence-electron chi connectivity index (χ1n) is 7.12. The van der Waals surface area contributed by atoms with E-state index in [4.69, 9.17) is 4.74 Å². The van der Waals surface area contributed by atoms with Crippen molar-refractivity contribution in [2.45, 2.75) is 43.9 Å². The van der Waals surface area contributed by atoms with Gasteiger partial charge in [-0.2, -0.15) is 0 Å². The molecule has 20 heavy (non-hydrogen) atoms. The van der Waals surface area contributed by atoms with Gasteiger partial charge in [0.2, 0.25) is 0 Å². The Balaban J connectivity index is 2.30. The molecule has 0 saturated carbocycles. The zero-order chi connectivity index (χ0) is 14.5. The molecule has 2 aromatic rings. The third kappa shape index (κ3) is 3.01. The highest BCUT2D eigenvalue weighted by atomic mass is 32.2. The monoisotopic (exact) mass is 291 g/mol. The quantitative estimate of drug-likeness (QED) is 0.593. The van der Waals surface area contributed by atoms with Crippen molar-refractivity contribution < 1.29 is 9.53 Å². The van der Waals surface area contributed by atoms with E-state index in [2.05, 4.69) is 29.8 Å². The largest absolute Gasteiger partial charge is 0.465 e. The van der Waals surface area contributed by atoms with Crippen molar-refractivity contribution in [1.29, 1.82) is 0 Å². The number of esters is 1. The Labute approximate surface area is 124 Å². The van der Waals surface area contributed by atoms with Gasteiger partial charge in [-0.15, -0.1) is 11.8 Å². The molecule has 0 bridgehead atoms. The molecule has 0 aliphatic rings. The fourth-order valence-electron chi connectivity index (χ4n) is 2.26. The molecule has 1 aromatic carbocycles. The molecule has 0 fully saturated rings. The summed E-state index contributed by atoms with van der Waals surface area (Å²) in [4.78, 5) is 13.1. The number of hydrogen-bond donors (Lipinski definition) is 0. The van der Waals surface area contributed by atoms with Crippen LogP contribution in [0.2, 0.25) is 0 Å². The van der Waals surface area contributed by atoms with Crippen LogP contribution in [0.15, 0.2) is 35.4 Å². The molecule has 0 spiro atoms. The predicted molar refractivity (Wildman–Crippen MR) is 84.2 cm³/mol. The third-order valence-corrected chi connectivity index (χ3v) is 4.67. The Kier molecular flexibility index (Phi) is 5.12. The molecule has 1 aromatic heterocycles. The number of aryl methyl sites for hydroxylation is 1. The maximum atomic E-state index is 11.9. The van der Waals surface area contributed by atoms with Gasteiger partial charge in [0.05, 0.1) is 6.61 Å². The molecular weight excluding hydrogens is 270 g/mol. The van der Waals surface area contributed by atoms with Gasteiger partial charge in [-0.1, -0.05) is 25.1 Å². The first-order valence-corrected chi connectivity index (χ1v) is 8.00. The summed E-state index contributed by atoms with van der Waals surface area (Å²) >= 11 is 1.61. The first-order chi connectivity index (χ1) is 9.71. The molecule has 1 atom stereocenters. The number of rotatable bonds is 6. The van der Waals surface area contributed by atoms with E-state index in [1.165, 1.54) is 10.9 Å². The van der Waals surface area contributed by atoms with Gasteiger partial charge in [0, 0.05) is 28.5 Å². The molecule has 0 aliphatic heterocycles. The van der Waals surface area contributed by atoms with E-state index in [1.54, 1.807) is 11.8 Å². The number of benzene rings is 1. The van der Waals surface area contributed by atoms with Gasteiger partial charge in [-0.3, -0.25) is 4.79 Å². The molecule has 0 amide bonds. The van der Waals surface area contributed by atoms with Gasteiger partial charge >= 0.3 is 5.97 Å². The second-order valence-corrected chi connectivity index (χ2v) is 5.81. The predicted octanol–water partition coefficient (Wildman–Crippen LogP) is 4.10. The Hall–Kier alpha value is -1.42. The maximum absolute atomic E-state index is 11.9. The zero-order valence-electron chi connectivity index (χ0n) is 12.3. The molecular formula is C16H21NO2S. The van der Waals surface area contributed by atoms with Gasteiger partial charge in [0.25, 0.3) is 0 Å². The SMILES string of the molecule is CCOC(=O)C(CC)Sc1cn(CC)c2ccccc12. The van der Waals surface area contributed by atoms with Gasteiger partial charge in [-0.05, 0) is 26.3 Å². The van der Waals surface area contributed by atoms with Crippen LogP contribution in [0.5, 0.6) is 0 Å². The van der Waals surface area contributed by atoms with E-state index in [9.17, 15) is 4.79 Å². The van der Waals surface area contributed by atoms with Crippen molar-refractivity contribution in [3.63, 3.8) is 0 Å². The van der Waals surface area contributed by atoms with Crippen molar-refractivity contribution in [3.8, 4) is 0 Å². The molecule has 2 rings (SSSR count). The molecule has 0 N–H and O–H groups in total. The summed E-state index contributed by atoms with van der Waals surface area (Å²) in [7, 11) is 0. The number of aromatic nitrogens is 1. The second-order valence-electron chi connectivity index (χ2n) is 4.56. The Morgan fingerprint density at radius 2 is 2.05 bits per heavy atom. The Morgan fingerprint density at radius 1 is 1.30 bits per heavy atom. The lowest BCUT2D eigenvalue weighted by atomic mass is 10.2. The fraction of sp³-hybridized carbons (Fsp3) is 0.438. The molecule has 1 unspecified atom stereocenters. The molecule has 1 heterocycles. The zero-order valence-corrected chi connectivity index (χ0v) is 13.1. The summed E-state index contributed by atoms with van der Waals surface area (Å²) in [6.45, 7) is 7.36. The van der Waals surface area contributed by atoms with E-state index in [1.807, 2.05) is 26.0 Å². The number of carbonyl (C=O) groups is 1. The van der Waals surface area contributed by atoms with Crippen LogP contribution in [-0.4, -0.2) is 22.4 Å². The van der Waals surface area contributed by atoms with E-state index < -0.39 is 0 Å². The number of ether oxygens (including phenoxy) is 1. The normalized spacial score (nSPS) is 12.6. The van der Waals surface area contributed by atoms with Crippen LogP contribution in [0.25, 0.3) is 10.9 Å². The summed E-state index contributed by atoms with van der Waals surface area (Å²) in [5, 5.41) is 1.08. The van der Waals surface area contributed by atoms with Gasteiger partial charge in [0.15, 0.2) is 0 Å². The third-order valence-electron chi connectivity index (χ3n) is 3.28. The number of hydrogen-bond acceptors (Lipinski definition) is 3. The van der Waals surface area contributed by atoms with E-state index in [-0.39, 0.29) is 11.2 Å². The lowest BCUT2D eigenvalue weighted by Gasteiger charge is -2.12. The van der Waals surface area contributed by atoms with Crippen LogP contribution in [0, 0.1) is 0 Å². The van der Waals surface area contributed by atoms with E-state index >= 15 is 0 Å². The number of para-hydroxylation sites is 1. The molecule has 4 heteroatoms. The van der Waals surface area contributed by atoms with Crippen molar-refractivity contribution in [3.05, 3.63) is 30.5 Å². The minimum Gasteiger partial charge on any atom is -0.465 e. The molecule has 3 nitrogen and oxygen atoms in total. The summed E-state index contributed by atoms with van der Waals surface area (Å²) in [5.74, 6) is -0.117. The van der Waals surface area contributed by atoms with Crippen molar-refractivity contribution in [1.82, 2.24) is 4.57 Å². The Morgan fingerprint density at radius 3 is 2.70 bits per heavy atom. The average Bonchev–Trinajstić information content (AvgIpc) is 2.83. The van der Waals surface area contributed by atoms with Crippen LogP contribution in [0.1, 0.15) is 27.2 Å². The molecule has 108 valence electrons. The number of fused-ring (bicyclic) bond motifs is 1. The van der Waals surface area contributed by atoms with Crippen LogP contribution in [0.3, 0.4) is 0 Å². The molecule has 0 aliphatic carbocycles. The molecule has 0 radical (unpaired) electrons. The highest BCUT2D eigenvalue weighted by Crippen LogP contribution is 2.34. The summed E-state index contributed by atoms with van der Waals surface area (Å²) in [6.07, 6.45) is 2.91. The maximum Gasteiger partial charge on any atom is 0.319 e. The number of nitrogens with zero attached hydrogens (tertiary/aromatic N) is 1. The second kappa shape index (κ2) is 6.84. The van der Waals surface area contributed by atoms with Crippen LogP contribution in [-0.2, 0) is 16.1 Å². The standard InChI is InChI=1S/C16H21NO2S/c1-4-14(16(18)19-6-3)20-15-11-17(5-2)13-10-8-7-9-12(13)15/h7-11,14H,4-6H2,1-3H3. The van der Waals surface area contributed by atoms with Crippen molar-refractivity contribution in [2.24, 2.45) is 0 Å². The van der Waals surface area contributed by atoms with Gasteiger partial charge in [0.1, 0.15) is 5.25 Å². The van der Waals surface area contributed by atoms with Gasteiger partial charge < -0.3 is 9.30 Å². The van der Waals surface area contributed by atoms with Crippen LogP contribution >= 0.6 is 11.8 Å². The number of thioether (sulfide) groups is 1. The fourth-order valence-corrected chi connectivity index (χ4v) is 3.38. The Bertz CT molecular complexity index is 591. The van der Waals surface area contributed by atoms with Gasteiger partial charge in [-0.25, -0.2) is 0 Å². The minimum absolute atomic E-state index is 0.117. The lowest BCUT2D eigenvalue weighted by molar-refractivity contribution is -0.142. The van der Waals surface area contributed by atoms with E-state index in [0.717, 1.165) is 17.9 Å². The van der Waals surface area contributed by atoms with Crippen molar-refractivity contribution >= 4 is 28.6 Å². The van der Waals surface area contributed by atoms with Crippen LogP contribution < -0.4 is 0 Å². The number of carbonyl (C=O) groups excluding carboxylic acids is 1. The molecule has 0 saturated heterocycles. The summed E-state index contributed by atoms with van der Waals surface area (Å²) in [5.41, 5.74) is 1.22. The highest BCUT2D eigenvalue weighted by Gasteiger charge is 2.21. The minimum atomic E-state index is -0.133. The lowest BCUT2D eigenvalue weighted by Crippen LogP contribution is -2.19. The smallest absolute Gasteiger partial charge is 0.319 e.